The lowest BCUT2D eigenvalue weighted by atomic mass is 10.1. The van der Waals surface area contributed by atoms with Crippen molar-refractivity contribution in [2.75, 3.05) is 0 Å². The molecule has 0 bridgehead atoms. The summed E-state index contributed by atoms with van der Waals surface area (Å²) in [5, 5.41) is 4.23. The quantitative estimate of drug-likeness (QED) is 0.761. The first-order valence-corrected chi connectivity index (χ1v) is 7.89. The molecule has 1 aliphatic rings. The van der Waals surface area contributed by atoms with E-state index in [9.17, 15) is 0 Å². The molecule has 4 rings (SSSR count). The Bertz CT molecular complexity index is 861. The second kappa shape index (κ2) is 5.35. The topological polar surface area (TPSA) is 63.8 Å². The van der Waals surface area contributed by atoms with E-state index in [0.717, 1.165) is 33.0 Å². The van der Waals surface area contributed by atoms with Gasteiger partial charge in [-0.3, -0.25) is 4.98 Å². The van der Waals surface area contributed by atoms with Gasteiger partial charge in [0.2, 0.25) is 0 Å². The molecular formula is C17H14N4S. The van der Waals surface area contributed by atoms with Crippen LogP contribution in [-0.4, -0.2) is 9.97 Å². The highest BCUT2D eigenvalue weighted by Gasteiger charge is 2.26. The average molecular weight is 306 g/mol. The minimum absolute atomic E-state index is 0.00712. The number of benzene rings is 2. The molecule has 2 heterocycles. The monoisotopic (exact) mass is 306 g/mol. The van der Waals surface area contributed by atoms with Gasteiger partial charge >= 0.3 is 0 Å². The lowest BCUT2D eigenvalue weighted by molar-refractivity contribution is 0.841. The molecule has 3 N–H and O–H groups in total. The number of thioether (sulfide) groups is 1. The Hall–Kier alpha value is -2.53. The molecule has 1 unspecified atom stereocenters. The molecule has 0 fully saturated rings. The first-order valence-electron chi connectivity index (χ1n) is 7.01. The van der Waals surface area contributed by atoms with Crippen LogP contribution in [0.4, 0.5) is 0 Å². The Labute approximate surface area is 132 Å². The van der Waals surface area contributed by atoms with Gasteiger partial charge in [-0.15, -0.1) is 0 Å². The number of hydrogen-bond donors (Lipinski definition) is 2. The van der Waals surface area contributed by atoms with Crippen molar-refractivity contribution in [1.82, 2.24) is 15.3 Å². The van der Waals surface area contributed by atoms with E-state index in [4.69, 9.17) is 10.7 Å². The van der Waals surface area contributed by atoms with Gasteiger partial charge in [0, 0.05) is 5.56 Å². The fourth-order valence-electron chi connectivity index (χ4n) is 2.48. The third-order valence-corrected chi connectivity index (χ3v) is 4.62. The van der Waals surface area contributed by atoms with E-state index in [0.29, 0.717) is 0 Å². The molecule has 108 valence electrons. The highest BCUT2D eigenvalue weighted by atomic mass is 32.2. The number of fused-ring (bicyclic) bond motifs is 1. The zero-order chi connectivity index (χ0) is 14.9. The molecule has 4 nitrogen and oxygen atoms in total. The maximum absolute atomic E-state index is 6.18. The fourth-order valence-corrected chi connectivity index (χ4v) is 3.44. The van der Waals surface area contributed by atoms with Gasteiger partial charge in [0.15, 0.2) is 0 Å². The van der Waals surface area contributed by atoms with E-state index in [-0.39, 0.29) is 5.37 Å². The van der Waals surface area contributed by atoms with Crippen molar-refractivity contribution in [1.29, 1.82) is 0 Å². The van der Waals surface area contributed by atoms with Gasteiger partial charge in [0.1, 0.15) is 5.37 Å². The highest BCUT2D eigenvalue weighted by molar-refractivity contribution is 8.03. The Morgan fingerprint density at radius 2 is 1.68 bits per heavy atom. The summed E-state index contributed by atoms with van der Waals surface area (Å²) in [6, 6.07) is 18.0. The van der Waals surface area contributed by atoms with E-state index in [1.165, 1.54) is 0 Å². The Morgan fingerprint density at radius 3 is 2.50 bits per heavy atom. The van der Waals surface area contributed by atoms with Gasteiger partial charge < -0.3 is 11.1 Å². The zero-order valence-electron chi connectivity index (χ0n) is 11.7. The van der Waals surface area contributed by atoms with Crippen LogP contribution in [0.5, 0.6) is 0 Å². The number of aromatic nitrogens is 2. The third-order valence-electron chi connectivity index (χ3n) is 3.56. The van der Waals surface area contributed by atoms with Gasteiger partial charge in [-0.2, -0.15) is 0 Å². The summed E-state index contributed by atoms with van der Waals surface area (Å²) in [5.41, 5.74) is 10.9. The van der Waals surface area contributed by atoms with Crippen LogP contribution in [-0.2, 0) is 0 Å². The summed E-state index contributed by atoms with van der Waals surface area (Å²) in [5.74, 6) is 0. The van der Waals surface area contributed by atoms with Crippen LogP contribution >= 0.6 is 11.8 Å². The number of nitrogens with one attached hydrogen (secondary N) is 1. The van der Waals surface area contributed by atoms with Crippen molar-refractivity contribution in [3.05, 3.63) is 77.1 Å². The van der Waals surface area contributed by atoms with Gasteiger partial charge in [0.05, 0.1) is 33.7 Å². The molecule has 0 saturated carbocycles. The fraction of sp³-hybridized carbons (Fsp3) is 0.0588. The summed E-state index contributed by atoms with van der Waals surface area (Å²) >= 11 is 1.57. The third kappa shape index (κ3) is 2.29. The maximum Gasteiger partial charge on any atom is 0.123 e. The number of nitrogens with two attached hydrogens (primary N) is 1. The van der Waals surface area contributed by atoms with Gasteiger partial charge in [-0.05, 0) is 12.1 Å². The Balaban J connectivity index is 1.65. The van der Waals surface area contributed by atoms with Crippen LogP contribution < -0.4 is 11.1 Å². The van der Waals surface area contributed by atoms with E-state index in [2.05, 4.69) is 10.3 Å². The molecule has 0 spiro atoms. The zero-order valence-corrected chi connectivity index (χ0v) is 12.5. The van der Waals surface area contributed by atoms with Crippen molar-refractivity contribution in [2.24, 2.45) is 5.73 Å². The lowest BCUT2D eigenvalue weighted by Gasteiger charge is -2.12. The van der Waals surface area contributed by atoms with E-state index in [1.54, 1.807) is 11.8 Å². The predicted molar refractivity (Wildman–Crippen MR) is 90.6 cm³/mol. The molecule has 0 saturated heterocycles. The maximum atomic E-state index is 6.18. The second-order valence-corrected chi connectivity index (χ2v) is 6.18. The summed E-state index contributed by atoms with van der Waals surface area (Å²) in [6.45, 7) is 0. The Morgan fingerprint density at radius 1 is 0.955 bits per heavy atom. The summed E-state index contributed by atoms with van der Waals surface area (Å²) in [7, 11) is 0. The summed E-state index contributed by atoms with van der Waals surface area (Å²) in [6.07, 6.45) is 1.81. The second-order valence-electron chi connectivity index (χ2n) is 5.03. The molecule has 1 aromatic heterocycles. The molecule has 1 aliphatic heterocycles. The summed E-state index contributed by atoms with van der Waals surface area (Å²) < 4.78 is 0. The van der Waals surface area contributed by atoms with Crippen LogP contribution in [0.3, 0.4) is 0 Å². The number of hydrogen-bond acceptors (Lipinski definition) is 5. The van der Waals surface area contributed by atoms with Gasteiger partial charge in [0.25, 0.3) is 0 Å². The average Bonchev–Trinajstić information content (AvgIpc) is 2.97. The summed E-state index contributed by atoms with van der Waals surface area (Å²) in [4.78, 5) is 9.17. The van der Waals surface area contributed by atoms with Crippen LogP contribution in [0, 0.1) is 0 Å². The molecule has 5 heteroatoms. The van der Waals surface area contributed by atoms with Crippen LogP contribution in [0.2, 0.25) is 0 Å². The van der Waals surface area contributed by atoms with Crippen molar-refractivity contribution in [3.63, 3.8) is 0 Å². The molecule has 0 amide bonds. The standard InChI is InChI=1S/C17H14N4S/c18-16-15(11-6-2-1-3-7-11)21-17(22-16)14-10-19-12-8-4-5-9-13(12)20-14/h1-10,17,21H,18H2. The number of rotatable bonds is 2. The van der Waals surface area contributed by atoms with Crippen LogP contribution in [0.25, 0.3) is 16.7 Å². The Kier molecular flexibility index (Phi) is 3.20. The SMILES string of the molecule is NC1=C(c2ccccc2)NC(c2cnc3ccccc3n2)S1. The van der Waals surface area contributed by atoms with Crippen molar-refractivity contribution in [3.8, 4) is 0 Å². The molecular weight excluding hydrogens is 292 g/mol. The van der Waals surface area contributed by atoms with E-state index < -0.39 is 0 Å². The lowest BCUT2D eigenvalue weighted by Crippen LogP contribution is -2.14. The number of para-hydroxylation sites is 2. The molecule has 0 aliphatic carbocycles. The smallest absolute Gasteiger partial charge is 0.123 e. The molecule has 22 heavy (non-hydrogen) atoms. The largest absolute Gasteiger partial charge is 0.392 e. The van der Waals surface area contributed by atoms with Crippen molar-refractivity contribution < 1.29 is 0 Å². The van der Waals surface area contributed by atoms with Crippen LogP contribution in [0.1, 0.15) is 16.6 Å². The molecule has 0 radical (unpaired) electrons. The van der Waals surface area contributed by atoms with Gasteiger partial charge in [-0.25, -0.2) is 4.98 Å². The van der Waals surface area contributed by atoms with Crippen molar-refractivity contribution >= 4 is 28.5 Å². The molecule has 1 atom stereocenters. The normalized spacial score (nSPS) is 17.7. The van der Waals surface area contributed by atoms with E-state index in [1.807, 2.05) is 60.8 Å². The minimum atomic E-state index is -0.00712. The highest BCUT2D eigenvalue weighted by Crippen LogP contribution is 2.40. The number of nitrogens with zero attached hydrogens (tertiary/aromatic N) is 2. The van der Waals surface area contributed by atoms with Gasteiger partial charge in [-0.1, -0.05) is 54.2 Å². The van der Waals surface area contributed by atoms with E-state index >= 15 is 0 Å². The first kappa shape index (κ1) is 13.2. The van der Waals surface area contributed by atoms with Crippen molar-refractivity contribution in [2.45, 2.75) is 5.37 Å². The first-order chi connectivity index (χ1) is 10.8. The molecule has 2 aromatic carbocycles. The molecule has 3 aromatic rings. The predicted octanol–water partition coefficient (Wildman–Crippen LogP) is 3.25. The van der Waals surface area contributed by atoms with Crippen LogP contribution in [0.15, 0.2) is 65.8 Å². The minimum Gasteiger partial charge on any atom is -0.392 e.